The molecule has 0 radical (unpaired) electrons. The maximum Gasteiger partial charge on any atom is 0.339 e. The van der Waals surface area contributed by atoms with Gasteiger partial charge in [-0.2, -0.15) is 0 Å². The van der Waals surface area contributed by atoms with E-state index in [1.54, 1.807) is 7.11 Å². The Bertz CT molecular complexity index is 740. The van der Waals surface area contributed by atoms with Crippen molar-refractivity contribution in [3.05, 3.63) is 64.2 Å². The first-order valence-electron chi connectivity index (χ1n) is 7.41. The maximum atomic E-state index is 11.8. The fourth-order valence-electron chi connectivity index (χ4n) is 3.37. The molecule has 0 spiro atoms. The highest BCUT2D eigenvalue weighted by molar-refractivity contribution is 5.95. The number of benzene rings is 2. The highest BCUT2D eigenvalue weighted by Crippen LogP contribution is 2.39. The van der Waals surface area contributed by atoms with Crippen LogP contribution in [-0.4, -0.2) is 18.0 Å². The first kappa shape index (κ1) is 13.3. The molecule has 0 saturated heterocycles. The van der Waals surface area contributed by atoms with Crippen LogP contribution in [0.5, 0.6) is 5.75 Å². The lowest BCUT2D eigenvalue weighted by Gasteiger charge is -2.15. The lowest BCUT2D eigenvalue weighted by Crippen LogP contribution is -2.15. The zero-order chi connectivity index (χ0) is 15.1. The van der Waals surface area contributed by atoms with E-state index in [0.717, 1.165) is 30.9 Å². The Hall–Kier alpha value is -2.33. The maximum absolute atomic E-state index is 11.8. The Labute approximate surface area is 129 Å². The van der Waals surface area contributed by atoms with Crippen molar-refractivity contribution < 1.29 is 14.3 Å². The van der Waals surface area contributed by atoms with Gasteiger partial charge < -0.3 is 9.47 Å². The first-order valence-corrected chi connectivity index (χ1v) is 7.41. The first-order chi connectivity index (χ1) is 10.8. The third kappa shape index (κ3) is 2.07. The van der Waals surface area contributed by atoms with Crippen LogP contribution >= 0.6 is 0 Å². The number of methoxy groups -OCH3 is 1. The Morgan fingerprint density at radius 1 is 1.18 bits per heavy atom. The van der Waals surface area contributed by atoms with E-state index in [1.807, 2.05) is 12.1 Å². The van der Waals surface area contributed by atoms with E-state index < -0.39 is 0 Å². The lowest BCUT2D eigenvalue weighted by atomic mass is 10.00. The summed E-state index contributed by atoms with van der Waals surface area (Å²) in [5.41, 5.74) is 5.21. The van der Waals surface area contributed by atoms with Crippen molar-refractivity contribution in [3.63, 3.8) is 0 Å². The molecule has 4 rings (SSSR count). The van der Waals surface area contributed by atoms with E-state index in [0.29, 0.717) is 12.2 Å². The molecule has 0 amide bonds. The number of hydrogen-bond acceptors (Lipinski definition) is 4. The average molecular weight is 295 g/mol. The highest BCUT2D eigenvalue weighted by atomic mass is 16.5. The van der Waals surface area contributed by atoms with Crippen LogP contribution in [0.3, 0.4) is 0 Å². The molecule has 4 nitrogen and oxygen atoms in total. The average Bonchev–Trinajstić information content (AvgIpc) is 3.10. The summed E-state index contributed by atoms with van der Waals surface area (Å²) in [6.07, 6.45) is 0. The van der Waals surface area contributed by atoms with Crippen molar-refractivity contribution in [1.82, 2.24) is 4.90 Å². The normalized spacial score (nSPS) is 16.3. The molecule has 0 unspecified atom stereocenters. The van der Waals surface area contributed by atoms with Gasteiger partial charge in [0.15, 0.2) is 0 Å². The molecule has 0 aliphatic carbocycles. The minimum Gasteiger partial charge on any atom is -0.496 e. The summed E-state index contributed by atoms with van der Waals surface area (Å²) in [5, 5.41) is 0. The number of nitrogens with zero attached hydrogens (tertiary/aromatic N) is 1. The molecule has 0 saturated carbocycles. The van der Waals surface area contributed by atoms with Gasteiger partial charge in [-0.15, -0.1) is 0 Å². The van der Waals surface area contributed by atoms with Gasteiger partial charge in [-0.05, 0) is 17.2 Å². The second kappa shape index (κ2) is 5.14. The molecule has 2 aliphatic rings. The molecule has 112 valence electrons. The standard InChI is InChI=1S/C18H17NO3/c1-21-17-15-10-19(8-12-5-3-2-4-6-12)9-13(15)7-14-16(17)11-22-18(14)20/h2-7H,8-11H2,1H3. The van der Waals surface area contributed by atoms with E-state index in [1.165, 1.54) is 16.7 Å². The highest BCUT2D eigenvalue weighted by Gasteiger charge is 2.32. The molecule has 0 fully saturated rings. The number of carbonyl (C=O) groups is 1. The summed E-state index contributed by atoms with van der Waals surface area (Å²) in [6.45, 7) is 2.90. The van der Waals surface area contributed by atoms with Crippen LogP contribution in [-0.2, 0) is 31.0 Å². The summed E-state index contributed by atoms with van der Waals surface area (Å²) in [4.78, 5) is 14.2. The second-order valence-corrected chi connectivity index (χ2v) is 5.78. The van der Waals surface area contributed by atoms with Gasteiger partial charge in [0.05, 0.1) is 12.7 Å². The predicted molar refractivity (Wildman–Crippen MR) is 81.5 cm³/mol. The third-order valence-electron chi connectivity index (χ3n) is 4.38. The Kier molecular flexibility index (Phi) is 3.12. The van der Waals surface area contributed by atoms with E-state index in [9.17, 15) is 4.79 Å². The van der Waals surface area contributed by atoms with Gasteiger partial charge >= 0.3 is 5.97 Å². The molecular weight excluding hydrogens is 278 g/mol. The molecule has 22 heavy (non-hydrogen) atoms. The van der Waals surface area contributed by atoms with E-state index in [-0.39, 0.29) is 5.97 Å². The number of hydrogen-bond donors (Lipinski definition) is 0. The summed E-state index contributed by atoms with van der Waals surface area (Å²) in [5.74, 6) is 0.589. The molecule has 4 heteroatoms. The number of cyclic esters (lactones) is 1. The van der Waals surface area contributed by atoms with Crippen LogP contribution in [0, 0.1) is 0 Å². The summed E-state index contributed by atoms with van der Waals surface area (Å²) in [6, 6.07) is 12.4. The fourth-order valence-corrected chi connectivity index (χ4v) is 3.37. The van der Waals surface area contributed by atoms with Gasteiger partial charge in [-0.1, -0.05) is 30.3 Å². The van der Waals surface area contributed by atoms with E-state index >= 15 is 0 Å². The molecule has 0 N–H and O–H groups in total. The SMILES string of the molecule is COc1c2c(cc3c1COC3=O)CN(Cc1ccccc1)C2. The van der Waals surface area contributed by atoms with E-state index in [2.05, 4.69) is 29.2 Å². The number of carbonyl (C=O) groups excluding carboxylic acids is 1. The molecule has 2 aliphatic heterocycles. The van der Waals surface area contributed by atoms with Crippen LogP contribution in [0.25, 0.3) is 0 Å². The van der Waals surface area contributed by atoms with Crippen molar-refractivity contribution in [3.8, 4) is 5.75 Å². The minimum absolute atomic E-state index is 0.238. The van der Waals surface area contributed by atoms with Gasteiger partial charge in [0.25, 0.3) is 0 Å². The molecule has 2 aromatic rings. The van der Waals surface area contributed by atoms with Crippen molar-refractivity contribution in [2.24, 2.45) is 0 Å². The number of esters is 1. The Morgan fingerprint density at radius 2 is 2.00 bits per heavy atom. The van der Waals surface area contributed by atoms with Crippen LogP contribution in [0.15, 0.2) is 36.4 Å². The Morgan fingerprint density at radius 3 is 2.77 bits per heavy atom. The van der Waals surface area contributed by atoms with E-state index in [4.69, 9.17) is 9.47 Å². The summed E-state index contributed by atoms with van der Waals surface area (Å²) >= 11 is 0. The number of rotatable bonds is 3. The smallest absolute Gasteiger partial charge is 0.339 e. The monoisotopic (exact) mass is 295 g/mol. The quantitative estimate of drug-likeness (QED) is 0.816. The third-order valence-corrected chi connectivity index (χ3v) is 4.38. The Balaban J connectivity index is 1.65. The van der Waals surface area contributed by atoms with Crippen LogP contribution < -0.4 is 4.74 Å². The zero-order valence-electron chi connectivity index (χ0n) is 12.5. The van der Waals surface area contributed by atoms with Crippen molar-refractivity contribution >= 4 is 5.97 Å². The number of fused-ring (bicyclic) bond motifs is 2. The van der Waals surface area contributed by atoms with Gasteiger partial charge in [-0.25, -0.2) is 4.79 Å². The van der Waals surface area contributed by atoms with Crippen LogP contribution in [0.4, 0.5) is 0 Å². The molecular formula is C18H17NO3. The lowest BCUT2D eigenvalue weighted by molar-refractivity contribution is 0.0534. The minimum atomic E-state index is -0.238. The molecule has 0 aromatic heterocycles. The van der Waals surface area contributed by atoms with Gasteiger partial charge in [0, 0.05) is 30.8 Å². The molecule has 2 aromatic carbocycles. The molecule has 0 bridgehead atoms. The van der Waals surface area contributed by atoms with Gasteiger partial charge in [0.1, 0.15) is 12.4 Å². The summed E-state index contributed by atoms with van der Waals surface area (Å²) in [7, 11) is 1.67. The predicted octanol–water partition coefficient (Wildman–Crippen LogP) is 2.88. The van der Waals surface area contributed by atoms with Crippen molar-refractivity contribution in [2.45, 2.75) is 26.2 Å². The zero-order valence-corrected chi connectivity index (χ0v) is 12.5. The van der Waals surface area contributed by atoms with Crippen molar-refractivity contribution in [1.29, 1.82) is 0 Å². The van der Waals surface area contributed by atoms with Crippen LogP contribution in [0.2, 0.25) is 0 Å². The summed E-state index contributed by atoms with van der Waals surface area (Å²) < 4.78 is 10.7. The van der Waals surface area contributed by atoms with Crippen LogP contribution in [0.1, 0.15) is 32.6 Å². The largest absolute Gasteiger partial charge is 0.496 e. The van der Waals surface area contributed by atoms with Gasteiger partial charge in [-0.3, -0.25) is 4.90 Å². The molecule has 2 heterocycles. The molecule has 0 atom stereocenters. The fraction of sp³-hybridized carbons (Fsp3) is 0.278. The van der Waals surface area contributed by atoms with Gasteiger partial charge in [0.2, 0.25) is 0 Å². The topological polar surface area (TPSA) is 38.8 Å². The van der Waals surface area contributed by atoms with Crippen molar-refractivity contribution in [2.75, 3.05) is 7.11 Å². The number of ether oxygens (including phenoxy) is 2. The second-order valence-electron chi connectivity index (χ2n) is 5.78.